The molecule has 1 unspecified atom stereocenters. The topological polar surface area (TPSA) is 111 Å². The highest BCUT2D eigenvalue weighted by Crippen LogP contribution is 2.38. The molecule has 0 aromatic heterocycles. The van der Waals surface area contributed by atoms with Crippen LogP contribution in [-0.4, -0.2) is 18.6 Å². The first-order valence-corrected chi connectivity index (χ1v) is 13.9. The number of azo groups is 1. The quantitative estimate of drug-likeness (QED) is 0.145. The maximum Gasteiger partial charge on any atom is 0.262 e. The minimum Gasteiger partial charge on any atom is -0.506 e. The Bertz CT molecular complexity index is 1530. The molecule has 0 spiro atoms. The number of nitrogens with zero attached hydrogens (tertiary/aromatic N) is 2. The first-order valence-electron chi connectivity index (χ1n) is 12.4. The van der Waals surface area contributed by atoms with E-state index in [1.165, 1.54) is 24.3 Å². The molecule has 1 atom stereocenters. The lowest BCUT2D eigenvalue weighted by Crippen LogP contribution is -2.16. The molecule has 3 N–H and O–H groups in total. The Morgan fingerprint density at radius 1 is 0.865 bits per heavy atom. The number of unbranched alkanes of at least 4 members (excludes halogenated alkanes) is 1. The molecule has 0 saturated heterocycles. The van der Waals surface area contributed by atoms with Crippen molar-refractivity contribution < 1.29 is 18.6 Å². The summed E-state index contributed by atoms with van der Waals surface area (Å²) in [4.78, 5) is 0.245. The van der Waals surface area contributed by atoms with Gasteiger partial charge in [-0.2, -0.15) is 0 Å². The molecule has 4 aromatic carbocycles. The van der Waals surface area contributed by atoms with Crippen molar-refractivity contribution in [2.75, 3.05) is 4.72 Å². The Kier molecular flexibility index (Phi) is 8.08. The number of anilines is 1. The summed E-state index contributed by atoms with van der Waals surface area (Å²) in [7, 11) is -3.90. The monoisotopic (exact) mass is 517 g/mol. The average molecular weight is 518 g/mol. The highest BCUT2D eigenvalue weighted by atomic mass is 32.2. The standard InChI is InChI=1S/C29H31N3O4S/c1-3-5-10-20(4-2)23-12-8-9-14-28(23)37(35,36)32-22-16-18-26(33)25(19-22)30-31-29-24-13-7-6-11-21(24)15-17-27(29)34/h6-9,11-20,32-34H,3-5,10H2,1-2H3/b31-30+. The lowest BCUT2D eigenvalue weighted by atomic mass is 9.91. The third kappa shape index (κ3) is 5.91. The fourth-order valence-electron chi connectivity index (χ4n) is 4.42. The minimum atomic E-state index is -3.90. The van der Waals surface area contributed by atoms with E-state index in [1.807, 2.05) is 36.4 Å². The van der Waals surface area contributed by atoms with Crippen LogP contribution < -0.4 is 4.72 Å². The van der Waals surface area contributed by atoms with Gasteiger partial charge in [0.15, 0.2) is 0 Å². The van der Waals surface area contributed by atoms with Gasteiger partial charge in [0.05, 0.1) is 10.6 Å². The van der Waals surface area contributed by atoms with Crippen LogP contribution in [0.1, 0.15) is 51.0 Å². The largest absolute Gasteiger partial charge is 0.506 e. The zero-order valence-corrected chi connectivity index (χ0v) is 21.7. The summed E-state index contributed by atoms with van der Waals surface area (Å²) in [6, 6.07) is 22.1. The molecule has 4 rings (SSSR count). The predicted molar refractivity (Wildman–Crippen MR) is 148 cm³/mol. The number of aromatic hydroxyl groups is 2. The van der Waals surface area contributed by atoms with Crippen LogP contribution >= 0.6 is 0 Å². The molecule has 0 saturated carbocycles. The maximum atomic E-state index is 13.4. The van der Waals surface area contributed by atoms with Gasteiger partial charge >= 0.3 is 0 Å². The number of rotatable bonds is 10. The zero-order valence-electron chi connectivity index (χ0n) is 20.9. The second kappa shape index (κ2) is 11.4. The van der Waals surface area contributed by atoms with E-state index in [9.17, 15) is 18.6 Å². The van der Waals surface area contributed by atoms with Crippen LogP contribution in [0.3, 0.4) is 0 Å². The third-order valence-electron chi connectivity index (χ3n) is 6.41. The van der Waals surface area contributed by atoms with E-state index in [1.54, 1.807) is 18.2 Å². The highest BCUT2D eigenvalue weighted by Gasteiger charge is 2.23. The van der Waals surface area contributed by atoms with Gasteiger partial charge < -0.3 is 10.2 Å². The van der Waals surface area contributed by atoms with E-state index < -0.39 is 10.0 Å². The summed E-state index contributed by atoms with van der Waals surface area (Å²) < 4.78 is 29.5. The van der Waals surface area contributed by atoms with Crippen LogP contribution in [0.15, 0.2) is 94.0 Å². The molecule has 37 heavy (non-hydrogen) atoms. The molecule has 4 aromatic rings. The minimum absolute atomic E-state index is 0.0519. The van der Waals surface area contributed by atoms with Crippen molar-refractivity contribution in [3.05, 3.63) is 84.4 Å². The number of fused-ring (bicyclic) bond motifs is 1. The van der Waals surface area contributed by atoms with Crippen molar-refractivity contribution in [1.82, 2.24) is 0 Å². The number of nitrogens with one attached hydrogen (secondary N) is 1. The number of phenolic OH excluding ortho intramolecular Hbond substituents is 2. The first kappa shape index (κ1) is 26.2. The van der Waals surface area contributed by atoms with Gasteiger partial charge in [-0.15, -0.1) is 10.2 Å². The molecule has 0 amide bonds. The second-order valence-electron chi connectivity index (χ2n) is 8.95. The molecule has 0 bridgehead atoms. The van der Waals surface area contributed by atoms with Crippen molar-refractivity contribution >= 4 is 37.9 Å². The summed E-state index contributed by atoms with van der Waals surface area (Å²) in [6.45, 7) is 4.19. The zero-order chi connectivity index (χ0) is 26.4. The smallest absolute Gasteiger partial charge is 0.262 e. The Hall–Kier alpha value is -3.91. The van der Waals surface area contributed by atoms with Crippen LogP contribution in [0.2, 0.25) is 0 Å². The Balaban J connectivity index is 1.65. The number of benzene rings is 4. The van der Waals surface area contributed by atoms with E-state index >= 15 is 0 Å². The summed E-state index contributed by atoms with van der Waals surface area (Å²) in [5, 5.41) is 30.6. The molecule has 0 aliphatic heterocycles. The van der Waals surface area contributed by atoms with E-state index in [4.69, 9.17) is 0 Å². The van der Waals surface area contributed by atoms with Crippen molar-refractivity contribution in [2.24, 2.45) is 10.2 Å². The van der Waals surface area contributed by atoms with Crippen molar-refractivity contribution in [1.29, 1.82) is 0 Å². The molecule has 0 fully saturated rings. The average Bonchev–Trinajstić information content (AvgIpc) is 2.90. The lowest BCUT2D eigenvalue weighted by molar-refractivity contribution is 0.474. The van der Waals surface area contributed by atoms with Crippen molar-refractivity contribution in [3.63, 3.8) is 0 Å². The van der Waals surface area contributed by atoms with Crippen LogP contribution in [0.25, 0.3) is 10.8 Å². The molecular formula is C29H31N3O4S. The van der Waals surface area contributed by atoms with E-state index in [0.717, 1.165) is 36.6 Å². The Morgan fingerprint density at radius 2 is 1.59 bits per heavy atom. The molecule has 192 valence electrons. The molecule has 0 aliphatic carbocycles. The predicted octanol–water partition coefficient (Wildman–Crippen LogP) is 8.15. The van der Waals surface area contributed by atoms with Gasteiger partial charge in [0.2, 0.25) is 0 Å². The van der Waals surface area contributed by atoms with Gasteiger partial charge in [-0.3, -0.25) is 4.72 Å². The van der Waals surface area contributed by atoms with Crippen molar-refractivity contribution in [2.45, 2.75) is 50.3 Å². The Morgan fingerprint density at radius 3 is 2.38 bits per heavy atom. The van der Waals surface area contributed by atoms with Gasteiger partial charge in [-0.05, 0) is 60.0 Å². The Labute approximate surface area is 217 Å². The van der Waals surface area contributed by atoms with Gasteiger partial charge in [0.1, 0.15) is 22.9 Å². The summed E-state index contributed by atoms with van der Waals surface area (Å²) in [5.74, 6) is -0.0772. The fourth-order valence-corrected chi connectivity index (χ4v) is 5.77. The molecule has 0 radical (unpaired) electrons. The summed E-state index contributed by atoms with van der Waals surface area (Å²) in [6.07, 6.45) is 3.84. The number of sulfonamides is 1. The number of hydrogen-bond donors (Lipinski definition) is 3. The number of hydrogen-bond acceptors (Lipinski definition) is 6. The van der Waals surface area contributed by atoms with Crippen LogP contribution in [0, 0.1) is 0 Å². The SMILES string of the molecule is CCCCC(CC)c1ccccc1S(=O)(=O)Nc1ccc(O)c(/N=N/c2c(O)ccc3ccccc23)c1. The number of phenols is 2. The second-order valence-corrected chi connectivity index (χ2v) is 10.6. The van der Waals surface area contributed by atoms with Gasteiger partial charge in [0.25, 0.3) is 10.0 Å². The van der Waals surface area contributed by atoms with Crippen LogP contribution in [-0.2, 0) is 10.0 Å². The molecular weight excluding hydrogens is 486 g/mol. The maximum absolute atomic E-state index is 13.4. The first-order chi connectivity index (χ1) is 17.8. The van der Waals surface area contributed by atoms with E-state index in [0.29, 0.717) is 5.39 Å². The molecule has 7 nitrogen and oxygen atoms in total. The fraction of sp³-hybridized carbons (Fsp3) is 0.241. The normalized spacial score (nSPS) is 12.7. The molecule has 0 aliphatic rings. The van der Waals surface area contributed by atoms with Gasteiger partial charge in [0, 0.05) is 5.39 Å². The van der Waals surface area contributed by atoms with Gasteiger partial charge in [-0.25, -0.2) is 8.42 Å². The van der Waals surface area contributed by atoms with Crippen molar-refractivity contribution in [3.8, 4) is 11.5 Å². The summed E-state index contributed by atoms with van der Waals surface area (Å²) >= 11 is 0. The third-order valence-corrected chi connectivity index (χ3v) is 7.87. The summed E-state index contributed by atoms with van der Waals surface area (Å²) in [5.41, 5.74) is 1.37. The molecule has 8 heteroatoms. The van der Waals surface area contributed by atoms with Crippen LogP contribution in [0.4, 0.5) is 17.1 Å². The van der Waals surface area contributed by atoms with Crippen LogP contribution in [0.5, 0.6) is 11.5 Å². The molecule has 0 heterocycles. The highest BCUT2D eigenvalue weighted by molar-refractivity contribution is 7.92. The lowest BCUT2D eigenvalue weighted by Gasteiger charge is -2.19. The van der Waals surface area contributed by atoms with E-state index in [-0.39, 0.29) is 39.4 Å². The van der Waals surface area contributed by atoms with E-state index in [2.05, 4.69) is 28.8 Å². The van der Waals surface area contributed by atoms with Gasteiger partial charge in [-0.1, -0.05) is 75.2 Å².